The second-order valence-corrected chi connectivity index (χ2v) is 12.6. The molecule has 1 heterocycles. The third kappa shape index (κ3) is 5.28. The van der Waals surface area contributed by atoms with Crippen LogP contribution in [0, 0.1) is 0 Å². The minimum atomic E-state index is -0.582. The standard InChI is InChI=1S/C49H31N3/c1-2-13-32(14-3-1)40-29-35-17-6-9-22-42(35)45(31-40)36-19-12-20-38(28-36)47-50-48(39-26-25-33-15-4-5-16-34(33)27-39)52-49(51-47)46-30-37-18-7-8-21-41(37)43-23-10-11-24-44(43)46/h1-31H/i7D,8D,10D,11D,18D,21D,23D,24D,30D. The Morgan fingerprint density at radius 3 is 1.79 bits per heavy atom. The summed E-state index contributed by atoms with van der Waals surface area (Å²) in [7, 11) is 0. The first kappa shape index (κ1) is 22.0. The summed E-state index contributed by atoms with van der Waals surface area (Å²) in [6.07, 6.45) is 0. The molecule has 242 valence electrons. The summed E-state index contributed by atoms with van der Waals surface area (Å²) in [5.41, 5.74) is 5.13. The van der Waals surface area contributed by atoms with E-state index in [0.717, 1.165) is 43.8 Å². The summed E-state index contributed by atoms with van der Waals surface area (Å²) >= 11 is 0. The lowest BCUT2D eigenvalue weighted by Crippen LogP contribution is -2.01. The van der Waals surface area contributed by atoms with E-state index in [0.29, 0.717) is 11.1 Å². The Labute approximate surface area is 314 Å². The molecule has 10 rings (SSSR count). The molecule has 0 aliphatic carbocycles. The Morgan fingerprint density at radius 2 is 0.942 bits per heavy atom. The molecule has 0 amide bonds. The second kappa shape index (κ2) is 12.4. The van der Waals surface area contributed by atoms with E-state index in [1.807, 2.05) is 97.1 Å². The summed E-state index contributed by atoms with van der Waals surface area (Å²) < 4.78 is 79.8. The van der Waals surface area contributed by atoms with E-state index in [2.05, 4.69) is 36.4 Å². The zero-order valence-electron chi connectivity index (χ0n) is 36.5. The zero-order valence-corrected chi connectivity index (χ0v) is 27.5. The van der Waals surface area contributed by atoms with E-state index in [-0.39, 0.29) is 44.6 Å². The Bertz CT molecular complexity index is 3480. The van der Waals surface area contributed by atoms with Gasteiger partial charge < -0.3 is 0 Å². The van der Waals surface area contributed by atoms with E-state index >= 15 is 0 Å². The highest BCUT2D eigenvalue weighted by atomic mass is 15.0. The van der Waals surface area contributed by atoms with Gasteiger partial charge in [0, 0.05) is 16.7 Å². The van der Waals surface area contributed by atoms with Crippen molar-refractivity contribution in [3.05, 3.63) is 188 Å². The Hall–Kier alpha value is -6.97. The fourth-order valence-electron chi connectivity index (χ4n) is 6.88. The van der Waals surface area contributed by atoms with Crippen molar-refractivity contribution >= 4 is 43.1 Å². The van der Waals surface area contributed by atoms with Crippen molar-refractivity contribution in [2.24, 2.45) is 0 Å². The maximum atomic E-state index is 9.63. The molecule has 0 saturated carbocycles. The molecule has 0 N–H and O–H groups in total. The van der Waals surface area contributed by atoms with Crippen LogP contribution in [0.2, 0.25) is 0 Å². The summed E-state index contributed by atoms with van der Waals surface area (Å²) in [6, 6.07) is 39.4. The quantitative estimate of drug-likeness (QED) is 0.171. The number of hydrogen-bond acceptors (Lipinski definition) is 3. The largest absolute Gasteiger partial charge is 0.208 e. The van der Waals surface area contributed by atoms with Crippen LogP contribution in [0.4, 0.5) is 0 Å². The number of benzene rings is 9. The molecular weight excluding hydrogens is 631 g/mol. The van der Waals surface area contributed by atoms with Gasteiger partial charge in [-0.3, -0.25) is 0 Å². The van der Waals surface area contributed by atoms with Gasteiger partial charge in [0.25, 0.3) is 0 Å². The third-order valence-electron chi connectivity index (χ3n) is 9.39. The maximum absolute atomic E-state index is 9.63. The van der Waals surface area contributed by atoms with Crippen LogP contribution in [0.1, 0.15) is 12.3 Å². The number of fused-ring (bicyclic) bond motifs is 5. The average Bonchev–Trinajstić information content (AvgIpc) is 3.30. The number of nitrogens with zero attached hydrogens (tertiary/aromatic N) is 3. The van der Waals surface area contributed by atoms with Gasteiger partial charge in [-0.1, -0.05) is 158 Å². The van der Waals surface area contributed by atoms with E-state index in [9.17, 15) is 1.37 Å². The minimum Gasteiger partial charge on any atom is -0.208 e. The molecule has 0 aliphatic heterocycles. The van der Waals surface area contributed by atoms with Crippen molar-refractivity contribution in [2.75, 3.05) is 0 Å². The second-order valence-electron chi connectivity index (χ2n) is 12.6. The highest BCUT2D eigenvalue weighted by Crippen LogP contribution is 2.38. The fraction of sp³-hybridized carbons (Fsp3) is 0. The van der Waals surface area contributed by atoms with Crippen LogP contribution in [-0.4, -0.2) is 15.0 Å². The monoisotopic (exact) mass is 670 g/mol. The Kier molecular flexibility index (Phi) is 5.25. The molecule has 0 aliphatic rings. The van der Waals surface area contributed by atoms with Gasteiger partial charge in [-0.2, -0.15) is 0 Å². The van der Waals surface area contributed by atoms with Crippen molar-refractivity contribution in [2.45, 2.75) is 0 Å². The van der Waals surface area contributed by atoms with Crippen LogP contribution in [0.5, 0.6) is 0 Å². The smallest absolute Gasteiger partial charge is 0.164 e. The lowest BCUT2D eigenvalue weighted by atomic mass is 9.92. The molecule has 10 aromatic rings. The van der Waals surface area contributed by atoms with E-state index in [1.165, 1.54) is 0 Å². The highest BCUT2D eigenvalue weighted by molar-refractivity contribution is 6.13. The van der Waals surface area contributed by atoms with Crippen LogP contribution in [0.15, 0.2) is 188 Å². The van der Waals surface area contributed by atoms with Gasteiger partial charge in [-0.15, -0.1) is 0 Å². The molecule has 52 heavy (non-hydrogen) atoms. The van der Waals surface area contributed by atoms with Crippen LogP contribution < -0.4 is 0 Å². The molecule has 0 fully saturated rings. The van der Waals surface area contributed by atoms with Crippen LogP contribution in [0.3, 0.4) is 0 Å². The third-order valence-corrected chi connectivity index (χ3v) is 9.39. The van der Waals surface area contributed by atoms with Gasteiger partial charge in [0.1, 0.15) is 0 Å². The lowest BCUT2D eigenvalue weighted by molar-refractivity contribution is 1.08. The maximum Gasteiger partial charge on any atom is 0.164 e. The molecule has 0 bridgehead atoms. The molecule has 3 nitrogen and oxygen atoms in total. The normalized spacial score (nSPS) is 13.9. The van der Waals surface area contributed by atoms with Gasteiger partial charge in [0.15, 0.2) is 17.5 Å². The fourth-order valence-corrected chi connectivity index (χ4v) is 6.88. The first-order chi connectivity index (χ1) is 29.5. The topological polar surface area (TPSA) is 38.7 Å². The molecule has 0 spiro atoms. The highest BCUT2D eigenvalue weighted by Gasteiger charge is 2.17. The summed E-state index contributed by atoms with van der Waals surface area (Å²) in [5.74, 6) is 0.363. The molecule has 0 saturated heterocycles. The van der Waals surface area contributed by atoms with E-state index in [4.69, 9.17) is 25.9 Å². The van der Waals surface area contributed by atoms with Crippen LogP contribution >= 0.6 is 0 Å². The van der Waals surface area contributed by atoms with E-state index in [1.54, 1.807) is 0 Å². The Morgan fingerprint density at radius 1 is 0.327 bits per heavy atom. The van der Waals surface area contributed by atoms with Crippen LogP contribution in [0.25, 0.3) is 99.5 Å². The van der Waals surface area contributed by atoms with Crippen molar-refractivity contribution in [1.29, 1.82) is 0 Å². The SMILES string of the molecule is [2H]c1c([2H])c([2H])c2c(c1[2H])c([2H])c(-c1nc(-c3cccc(-c4cc(-c5ccccc5)cc5ccccc45)c3)nc(-c3ccc4ccccc4c3)n1)c1c([2H])c([2H])c([2H])c([2H])c12. The minimum absolute atomic E-state index is 0.0931. The molecule has 0 unspecified atom stereocenters. The Balaban J connectivity index is 1.28. The predicted octanol–water partition coefficient (Wildman–Crippen LogP) is 12.8. The molecule has 0 radical (unpaired) electrons. The van der Waals surface area contributed by atoms with Crippen molar-refractivity contribution in [1.82, 2.24) is 15.0 Å². The molecule has 1 aromatic heterocycles. The average molecular weight is 671 g/mol. The van der Waals surface area contributed by atoms with E-state index < -0.39 is 54.4 Å². The van der Waals surface area contributed by atoms with Crippen molar-refractivity contribution in [3.8, 4) is 56.4 Å². The van der Waals surface area contributed by atoms with Gasteiger partial charge in [-0.05, 0) is 95.7 Å². The summed E-state index contributed by atoms with van der Waals surface area (Å²) in [5, 5.41) is 3.37. The van der Waals surface area contributed by atoms with Gasteiger partial charge in [-0.25, -0.2) is 15.0 Å². The van der Waals surface area contributed by atoms with Crippen LogP contribution in [-0.2, 0) is 0 Å². The zero-order chi connectivity index (χ0) is 42.3. The summed E-state index contributed by atoms with van der Waals surface area (Å²) in [4.78, 5) is 14.9. The molecule has 0 atom stereocenters. The lowest BCUT2D eigenvalue weighted by Gasteiger charge is -2.14. The van der Waals surface area contributed by atoms with Crippen molar-refractivity contribution < 1.29 is 12.3 Å². The predicted molar refractivity (Wildman–Crippen MR) is 217 cm³/mol. The molecular formula is C49H31N3. The first-order valence-electron chi connectivity index (χ1n) is 21.4. The number of rotatable bonds is 5. The van der Waals surface area contributed by atoms with Gasteiger partial charge >= 0.3 is 0 Å². The number of hydrogen-bond donors (Lipinski definition) is 0. The van der Waals surface area contributed by atoms with Crippen molar-refractivity contribution in [3.63, 3.8) is 0 Å². The van der Waals surface area contributed by atoms with Gasteiger partial charge in [0.2, 0.25) is 0 Å². The molecule has 3 heteroatoms. The van der Waals surface area contributed by atoms with Gasteiger partial charge in [0.05, 0.1) is 12.3 Å². The number of aromatic nitrogens is 3. The summed E-state index contributed by atoms with van der Waals surface area (Å²) in [6.45, 7) is 0. The molecule has 9 aromatic carbocycles. The first-order valence-corrected chi connectivity index (χ1v) is 16.9.